The fourth-order valence-corrected chi connectivity index (χ4v) is 4.74. The molecule has 0 spiro atoms. The van der Waals surface area contributed by atoms with Gasteiger partial charge in [0, 0.05) is 18.0 Å². The highest BCUT2D eigenvalue weighted by atomic mass is 32.1. The first kappa shape index (κ1) is 17.1. The lowest BCUT2D eigenvalue weighted by molar-refractivity contribution is 0.289. The van der Waals surface area contributed by atoms with E-state index in [9.17, 15) is 4.79 Å². The van der Waals surface area contributed by atoms with E-state index in [2.05, 4.69) is 23.0 Å². The van der Waals surface area contributed by atoms with Gasteiger partial charge in [0.1, 0.15) is 17.2 Å². The van der Waals surface area contributed by atoms with Gasteiger partial charge in [0.15, 0.2) is 5.82 Å². The van der Waals surface area contributed by atoms with Crippen molar-refractivity contribution in [2.24, 2.45) is 0 Å². The highest BCUT2D eigenvalue weighted by Crippen LogP contribution is 2.32. The molecule has 2 aromatic heterocycles. The number of aryl methyl sites for hydroxylation is 2. The number of aromatic nitrogens is 2. The summed E-state index contributed by atoms with van der Waals surface area (Å²) in [6, 6.07) is 5.99. The molecule has 1 aliphatic heterocycles. The molecule has 0 saturated heterocycles. The van der Waals surface area contributed by atoms with Crippen LogP contribution >= 0.6 is 11.3 Å². The second kappa shape index (κ2) is 6.41. The maximum atomic E-state index is 12.8. The second-order valence-electron chi connectivity index (χ2n) is 6.93. The molecule has 3 heterocycles. The van der Waals surface area contributed by atoms with E-state index in [1.165, 1.54) is 10.4 Å². The van der Waals surface area contributed by atoms with Crippen molar-refractivity contribution in [3.05, 3.63) is 55.9 Å². The largest absolute Gasteiger partial charge is 0.485 e. The molecule has 1 aliphatic rings. The molecule has 0 aliphatic carbocycles. The topological polar surface area (TPSA) is 73.4 Å². The monoisotopic (exact) mass is 370 g/mol. The quantitative estimate of drug-likeness (QED) is 0.717. The Balaban J connectivity index is 1.70. The van der Waals surface area contributed by atoms with Crippen molar-refractivity contribution in [1.29, 1.82) is 0 Å². The van der Waals surface area contributed by atoms with Crippen molar-refractivity contribution in [2.75, 3.05) is 19.4 Å². The summed E-state index contributed by atoms with van der Waals surface area (Å²) >= 11 is 1.59. The Bertz CT molecular complexity index is 1050. The van der Waals surface area contributed by atoms with Crippen LogP contribution in [0.15, 0.2) is 23.0 Å². The normalized spacial score (nSPS) is 14.6. The first-order valence-corrected chi connectivity index (χ1v) is 9.45. The van der Waals surface area contributed by atoms with Gasteiger partial charge in [-0.25, -0.2) is 9.66 Å². The average molecular weight is 370 g/mol. The number of nitrogens with zero attached hydrogens (tertiary/aromatic N) is 3. The van der Waals surface area contributed by atoms with Crippen molar-refractivity contribution in [2.45, 2.75) is 33.4 Å². The Morgan fingerprint density at radius 2 is 2.15 bits per heavy atom. The average Bonchev–Trinajstić information content (AvgIpc) is 2.95. The van der Waals surface area contributed by atoms with E-state index in [4.69, 9.17) is 10.6 Å². The van der Waals surface area contributed by atoms with E-state index < -0.39 is 0 Å². The minimum Gasteiger partial charge on any atom is -0.485 e. The van der Waals surface area contributed by atoms with Gasteiger partial charge in [-0.2, -0.15) is 0 Å². The molecule has 0 radical (unpaired) electrons. The summed E-state index contributed by atoms with van der Waals surface area (Å²) in [6.45, 7) is 6.00. The fourth-order valence-electron chi connectivity index (χ4n) is 3.43. The van der Waals surface area contributed by atoms with Crippen LogP contribution in [-0.2, 0) is 19.6 Å². The third-order valence-corrected chi connectivity index (χ3v) is 5.97. The Morgan fingerprint density at radius 3 is 2.92 bits per heavy atom. The zero-order chi connectivity index (χ0) is 18.4. The second-order valence-corrected chi connectivity index (χ2v) is 8.02. The van der Waals surface area contributed by atoms with E-state index in [0.29, 0.717) is 11.2 Å². The Labute approximate surface area is 155 Å². The number of hydrogen-bond acceptors (Lipinski definition) is 6. The van der Waals surface area contributed by atoms with Crippen LogP contribution in [0.4, 0.5) is 0 Å². The summed E-state index contributed by atoms with van der Waals surface area (Å²) in [4.78, 5) is 21.7. The molecule has 0 bridgehead atoms. The Hall–Kier alpha value is -2.38. The zero-order valence-electron chi connectivity index (χ0n) is 15.2. The lowest BCUT2D eigenvalue weighted by Crippen LogP contribution is -2.33. The summed E-state index contributed by atoms with van der Waals surface area (Å²) in [6.07, 6.45) is 0.862. The molecule has 0 amide bonds. The summed E-state index contributed by atoms with van der Waals surface area (Å²) < 4.78 is 7.01. The van der Waals surface area contributed by atoms with Gasteiger partial charge in [-0.15, -0.1) is 11.3 Å². The summed E-state index contributed by atoms with van der Waals surface area (Å²) in [5, 5.41) is 0.677. The predicted molar refractivity (Wildman–Crippen MR) is 104 cm³/mol. The van der Waals surface area contributed by atoms with Gasteiger partial charge in [0.25, 0.3) is 5.56 Å². The van der Waals surface area contributed by atoms with Crippen LogP contribution in [0, 0.1) is 13.8 Å². The van der Waals surface area contributed by atoms with Crippen LogP contribution in [0.3, 0.4) is 0 Å². The number of fused-ring (bicyclic) bond motifs is 3. The van der Waals surface area contributed by atoms with Gasteiger partial charge in [0.05, 0.1) is 5.39 Å². The van der Waals surface area contributed by atoms with Gasteiger partial charge in [-0.05, 0) is 44.5 Å². The van der Waals surface area contributed by atoms with Crippen molar-refractivity contribution in [3.8, 4) is 5.75 Å². The highest BCUT2D eigenvalue weighted by molar-refractivity contribution is 7.18. The summed E-state index contributed by atoms with van der Waals surface area (Å²) in [7, 11) is 2.09. The molecule has 6 nitrogen and oxygen atoms in total. The number of rotatable bonds is 3. The van der Waals surface area contributed by atoms with Gasteiger partial charge in [-0.1, -0.05) is 17.7 Å². The minimum atomic E-state index is -0.184. The van der Waals surface area contributed by atoms with Crippen LogP contribution in [0.5, 0.6) is 5.75 Å². The van der Waals surface area contributed by atoms with Crippen LogP contribution in [0.1, 0.15) is 27.4 Å². The van der Waals surface area contributed by atoms with Crippen molar-refractivity contribution in [1.82, 2.24) is 14.6 Å². The maximum absolute atomic E-state index is 12.8. The number of nitrogen functional groups attached to an aromatic ring is 1. The van der Waals surface area contributed by atoms with Crippen LogP contribution in [0.25, 0.3) is 10.2 Å². The Kier molecular flexibility index (Phi) is 4.20. The lowest BCUT2D eigenvalue weighted by atomic mass is 10.1. The van der Waals surface area contributed by atoms with E-state index in [-0.39, 0.29) is 12.2 Å². The molecule has 0 fully saturated rings. The first-order valence-electron chi connectivity index (χ1n) is 8.64. The number of likely N-dealkylation sites (N-methyl/N-ethyl adjacent to an activating group) is 1. The first-order chi connectivity index (χ1) is 12.4. The summed E-state index contributed by atoms with van der Waals surface area (Å²) in [5.41, 5.74) is 3.16. The molecule has 7 heteroatoms. The van der Waals surface area contributed by atoms with E-state index >= 15 is 0 Å². The fraction of sp³-hybridized carbons (Fsp3) is 0.368. The smallest absolute Gasteiger partial charge is 0.281 e. The van der Waals surface area contributed by atoms with Gasteiger partial charge in [0.2, 0.25) is 0 Å². The number of ether oxygens (including phenoxy) is 1. The number of nitrogens with two attached hydrogens (primary N) is 1. The highest BCUT2D eigenvalue weighted by Gasteiger charge is 2.23. The van der Waals surface area contributed by atoms with Crippen molar-refractivity contribution in [3.63, 3.8) is 0 Å². The van der Waals surface area contributed by atoms with Crippen LogP contribution < -0.4 is 16.1 Å². The molecule has 1 aromatic carbocycles. The van der Waals surface area contributed by atoms with Gasteiger partial charge >= 0.3 is 0 Å². The van der Waals surface area contributed by atoms with E-state index in [0.717, 1.165) is 45.9 Å². The summed E-state index contributed by atoms with van der Waals surface area (Å²) in [5.74, 6) is 7.26. The number of benzene rings is 1. The third kappa shape index (κ3) is 2.87. The molecular formula is C19H22N4O2S. The molecule has 0 saturated carbocycles. The molecular weight excluding hydrogens is 348 g/mol. The maximum Gasteiger partial charge on any atom is 0.281 e. The van der Waals surface area contributed by atoms with Crippen LogP contribution in [0.2, 0.25) is 0 Å². The van der Waals surface area contributed by atoms with Crippen molar-refractivity contribution >= 4 is 21.6 Å². The zero-order valence-corrected chi connectivity index (χ0v) is 16.0. The molecule has 26 heavy (non-hydrogen) atoms. The van der Waals surface area contributed by atoms with Crippen molar-refractivity contribution < 1.29 is 4.74 Å². The number of hydrogen-bond donors (Lipinski definition) is 1. The van der Waals surface area contributed by atoms with Crippen LogP contribution in [-0.4, -0.2) is 28.2 Å². The molecule has 2 N–H and O–H groups in total. The van der Waals surface area contributed by atoms with Gasteiger partial charge < -0.3 is 15.5 Å². The standard InChI is InChI=1S/C19H22N4O2S/c1-11-4-5-14(12(2)8-11)25-10-16-21-18-17(19(24)23(16)20)13-6-7-22(3)9-15(13)26-18/h4-5,8H,6-7,9-10,20H2,1-3H3. The minimum absolute atomic E-state index is 0.161. The number of thiophene rings is 1. The SMILES string of the molecule is Cc1ccc(OCc2nc3sc4c(c3c(=O)n2N)CCN(C)C4)c(C)c1. The van der Waals surface area contributed by atoms with E-state index in [1.807, 2.05) is 26.0 Å². The molecule has 0 unspecified atom stereocenters. The van der Waals surface area contributed by atoms with E-state index in [1.54, 1.807) is 11.3 Å². The molecule has 3 aromatic rings. The lowest BCUT2D eigenvalue weighted by Gasteiger charge is -2.21. The molecule has 4 rings (SSSR count). The molecule has 0 atom stereocenters. The molecule has 136 valence electrons. The Morgan fingerprint density at radius 1 is 1.35 bits per heavy atom. The van der Waals surface area contributed by atoms with Gasteiger partial charge in [-0.3, -0.25) is 4.79 Å². The predicted octanol–water partition coefficient (Wildman–Crippen LogP) is 2.36. The third-order valence-electron chi connectivity index (χ3n) is 4.86.